The van der Waals surface area contributed by atoms with Gasteiger partial charge in [-0.1, -0.05) is 6.92 Å². The number of benzene rings is 1. The van der Waals surface area contributed by atoms with Crippen LogP contribution in [0.5, 0.6) is 5.75 Å². The molecule has 1 fully saturated rings. The van der Waals surface area contributed by atoms with Gasteiger partial charge in [0.05, 0.1) is 23.7 Å². The van der Waals surface area contributed by atoms with Gasteiger partial charge in [-0.15, -0.1) is 0 Å². The Morgan fingerprint density at radius 2 is 2.33 bits per heavy atom. The molecule has 0 spiro atoms. The van der Waals surface area contributed by atoms with E-state index in [0.717, 1.165) is 42.0 Å². The molecule has 1 aliphatic rings. The van der Waals surface area contributed by atoms with Crippen LogP contribution in [0.25, 0.3) is 11.0 Å². The first-order valence-corrected chi connectivity index (χ1v) is 6.57. The normalized spacial score (nSPS) is 23.7. The number of imidazole rings is 1. The van der Waals surface area contributed by atoms with Gasteiger partial charge >= 0.3 is 0 Å². The van der Waals surface area contributed by atoms with Gasteiger partial charge in [-0.2, -0.15) is 0 Å². The highest BCUT2D eigenvalue weighted by atomic mass is 16.5. The third-order valence-corrected chi connectivity index (χ3v) is 3.99. The van der Waals surface area contributed by atoms with Crippen LogP contribution in [-0.4, -0.2) is 23.6 Å². The first-order valence-electron chi connectivity index (χ1n) is 6.57. The zero-order valence-electron chi connectivity index (χ0n) is 10.9. The maximum atomic E-state index is 5.25. The summed E-state index contributed by atoms with van der Waals surface area (Å²) in [6, 6.07) is 5.96. The molecule has 2 heterocycles. The summed E-state index contributed by atoms with van der Waals surface area (Å²) in [4.78, 5) is 8.19. The number of rotatable bonds is 3. The van der Waals surface area contributed by atoms with E-state index in [9.17, 15) is 0 Å². The van der Waals surface area contributed by atoms with Gasteiger partial charge in [-0.3, -0.25) is 0 Å². The number of nitrogens with zero attached hydrogens (tertiary/aromatic N) is 1. The molecule has 96 valence electrons. The van der Waals surface area contributed by atoms with E-state index in [1.54, 1.807) is 7.11 Å². The van der Waals surface area contributed by atoms with E-state index in [0.29, 0.717) is 0 Å². The monoisotopic (exact) mass is 245 g/mol. The molecule has 18 heavy (non-hydrogen) atoms. The fourth-order valence-corrected chi connectivity index (χ4v) is 2.82. The molecule has 1 unspecified atom stereocenters. The van der Waals surface area contributed by atoms with Crippen LogP contribution in [0, 0.1) is 0 Å². The summed E-state index contributed by atoms with van der Waals surface area (Å²) in [6.45, 7) is 3.29. The molecule has 1 atom stereocenters. The highest BCUT2D eigenvalue weighted by Gasteiger charge is 2.36. The molecule has 2 aromatic rings. The first-order chi connectivity index (χ1) is 8.77. The van der Waals surface area contributed by atoms with E-state index in [4.69, 9.17) is 9.72 Å². The highest BCUT2D eigenvalue weighted by molar-refractivity contribution is 5.77. The zero-order valence-corrected chi connectivity index (χ0v) is 10.9. The number of fused-ring (bicyclic) bond motifs is 1. The average Bonchev–Trinajstić information content (AvgIpc) is 3.04. The van der Waals surface area contributed by atoms with E-state index in [2.05, 4.69) is 17.2 Å². The molecule has 1 saturated heterocycles. The minimum absolute atomic E-state index is 0.0340. The van der Waals surface area contributed by atoms with Gasteiger partial charge in [-0.25, -0.2) is 4.98 Å². The van der Waals surface area contributed by atoms with Gasteiger partial charge < -0.3 is 15.0 Å². The molecule has 0 saturated carbocycles. The van der Waals surface area contributed by atoms with E-state index < -0.39 is 0 Å². The molecule has 4 nitrogen and oxygen atoms in total. The van der Waals surface area contributed by atoms with Gasteiger partial charge in [0.25, 0.3) is 0 Å². The molecular weight excluding hydrogens is 226 g/mol. The van der Waals surface area contributed by atoms with Gasteiger partial charge in [0, 0.05) is 6.07 Å². The number of aromatic amines is 1. The van der Waals surface area contributed by atoms with Gasteiger partial charge in [0.15, 0.2) is 0 Å². The second-order valence-corrected chi connectivity index (χ2v) is 4.93. The highest BCUT2D eigenvalue weighted by Crippen LogP contribution is 2.33. The molecule has 1 aromatic carbocycles. The Morgan fingerprint density at radius 1 is 1.44 bits per heavy atom. The Bertz CT molecular complexity index is 555. The fraction of sp³-hybridized carbons (Fsp3) is 0.500. The number of methoxy groups -OCH3 is 1. The lowest BCUT2D eigenvalue weighted by atomic mass is 9.93. The smallest absolute Gasteiger partial charge is 0.127 e. The summed E-state index contributed by atoms with van der Waals surface area (Å²) in [5.41, 5.74) is 2.09. The topological polar surface area (TPSA) is 49.9 Å². The Kier molecular flexibility index (Phi) is 2.74. The maximum absolute atomic E-state index is 5.25. The zero-order chi connectivity index (χ0) is 12.6. The van der Waals surface area contributed by atoms with Gasteiger partial charge in [-0.05, 0) is 37.9 Å². The summed E-state index contributed by atoms with van der Waals surface area (Å²) in [7, 11) is 1.69. The quantitative estimate of drug-likeness (QED) is 0.873. The van der Waals surface area contributed by atoms with Crippen LogP contribution in [0.3, 0.4) is 0 Å². The molecule has 4 heteroatoms. The summed E-state index contributed by atoms with van der Waals surface area (Å²) < 4.78 is 5.25. The van der Waals surface area contributed by atoms with Crippen LogP contribution in [0.1, 0.15) is 32.0 Å². The van der Waals surface area contributed by atoms with Crippen LogP contribution < -0.4 is 10.1 Å². The number of nitrogens with one attached hydrogen (secondary N) is 2. The van der Waals surface area contributed by atoms with Gasteiger partial charge in [0.2, 0.25) is 0 Å². The van der Waals surface area contributed by atoms with Crippen LogP contribution in [-0.2, 0) is 5.54 Å². The Labute approximate surface area is 107 Å². The Morgan fingerprint density at radius 3 is 3.00 bits per heavy atom. The predicted octanol–water partition coefficient (Wildman–Crippen LogP) is 2.56. The van der Waals surface area contributed by atoms with E-state index in [1.807, 2.05) is 18.2 Å². The van der Waals surface area contributed by atoms with Crippen LogP contribution in [0.4, 0.5) is 0 Å². The maximum Gasteiger partial charge on any atom is 0.127 e. The third-order valence-electron chi connectivity index (χ3n) is 3.99. The number of aromatic nitrogens is 2. The van der Waals surface area contributed by atoms with Crippen molar-refractivity contribution in [1.82, 2.24) is 15.3 Å². The third kappa shape index (κ3) is 1.68. The molecule has 0 bridgehead atoms. The molecular formula is C14H19N3O. The largest absolute Gasteiger partial charge is 0.497 e. The Balaban J connectivity index is 2.07. The lowest BCUT2D eigenvalue weighted by Gasteiger charge is -2.25. The summed E-state index contributed by atoms with van der Waals surface area (Å²) in [5, 5.41) is 3.60. The number of H-pyrrole nitrogens is 1. The van der Waals surface area contributed by atoms with Crippen molar-refractivity contribution >= 4 is 11.0 Å². The molecule has 1 aromatic heterocycles. The summed E-state index contributed by atoms with van der Waals surface area (Å²) in [5.74, 6) is 1.92. The average molecular weight is 245 g/mol. The van der Waals surface area contributed by atoms with E-state index in [1.165, 1.54) is 6.42 Å². The van der Waals surface area contributed by atoms with Crippen molar-refractivity contribution in [2.24, 2.45) is 0 Å². The van der Waals surface area contributed by atoms with Crippen LogP contribution >= 0.6 is 0 Å². The van der Waals surface area contributed by atoms with Crippen LogP contribution in [0.15, 0.2) is 18.2 Å². The molecule has 0 radical (unpaired) electrons. The van der Waals surface area contributed by atoms with Crippen molar-refractivity contribution in [1.29, 1.82) is 0 Å². The molecule has 0 amide bonds. The van der Waals surface area contributed by atoms with Crippen molar-refractivity contribution in [3.8, 4) is 5.75 Å². The predicted molar refractivity (Wildman–Crippen MR) is 71.9 cm³/mol. The van der Waals surface area contributed by atoms with E-state index in [-0.39, 0.29) is 5.54 Å². The van der Waals surface area contributed by atoms with Crippen molar-refractivity contribution in [2.75, 3.05) is 13.7 Å². The minimum atomic E-state index is 0.0340. The molecule has 1 aliphatic heterocycles. The Hall–Kier alpha value is -1.55. The number of ether oxygens (including phenoxy) is 1. The number of hydrogen-bond acceptors (Lipinski definition) is 3. The second-order valence-electron chi connectivity index (χ2n) is 4.93. The van der Waals surface area contributed by atoms with Crippen molar-refractivity contribution in [3.63, 3.8) is 0 Å². The fourth-order valence-electron chi connectivity index (χ4n) is 2.82. The molecule has 3 rings (SSSR count). The van der Waals surface area contributed by atoms with E-state index >= 15 is 0 Å². The lowest BCUT2D eigenvalue weighted by molar-refractivity contribution is 0.356. The SMILES string of the molecule is CCC1(c2nc3ccc(OC)cc3[nH]2)CCCN1. The van der Waals surface area contributed by atoms with Crippen molar-refractivity contribution in [2.45, 2.75) is 31.7 Å². The summed E-state index contributed by atoms with van der Waals surface area (Å²) >= 11 is 0. The van der Waals surface area contributed by atoms with Crippen molar-refractivity contribution < 1.29 is 4.74 Å². The van der Waals surface area contributed by atoms with Crippen molar-refractivity contribution in [3.05, 3.63) is 24.0 Å². The standard InChI is InChI=1S/C14H19N3O/c1-3-14(7-4-8-15-14)13-16-11-6-5-10(18-2)9-12(11)17-13/h5-6,9,15H,3-4,7-8H2,1-2H3,(H,16,17). The molecule has 0 aliphatic carbocycles. The lowest BCUT2D eigenvalue weighted by Crippen LogP contribution is -2.37. The second kappa shape index (κ2) is 4.28. The minimum Gasteiger partial charge on any atom is -0.497 e. The summed E-state index contributed by atoms with van der Waals surface area (Å²) in [6.07, 6.45) is 3.43. The van der Waals surface area contributed by atoms with Crippen LogP contribution in [0.2, 0.25) is 0 Å². The molecule has 2 N–H and O–H groups in total. The number of hydrogen-bond donors (Lipinski definition) is 2. The van der Waals surface area contributed by atoms with Gasteiger partial charge in [0.1, 0.15) is 11.6 Å². The first kappa shape index (κ1) is 11.5.